The lowest BCUT2D eigenvalue weighted by Gasteiger charge is -2.03. The number of halogens is 3. The number of benzene rings is 2. The summed E-state index contributed by atoms with van der Waals surface area (Å²) in [6, 6.07) is 17.5. The van der Waals surface area contributed by atoms with Crippen LogP contribution in [0.2, 0.25) is 10.0 Å². The lowest BCUT2D eigenvalue weighted by Crippen LogP contribution is -2.13. The summed E-state index contributed by atoms with van der Waals surface area (Å²) in [4.78, 5) is 13.3. The lowest BCUT2D eigenvalue weighted by molar-refractivity contribution is -0.112. The number of anilines is 1. The van der Waals surface area contributed by atoms with Gasteiger partial charge in [0.05, 0.1) is 4.47 Å². The summed E-state index contributed by atoms with van der Waals surface area (Å²) in [6.45, 7) is 0. The van der Waals surface area contributed by atoms with Crippen molar-refractivity contribution in [2.75, 3.05) is 5.32 Å². The van der Waals surface area contributed by atoms with E-state index < -0.39 is 5.91 Å². The van der Waals surface area contributed by atoms with Crippen LogP contribution in [0.4, 0.5) is 5.69 Å². The van der Waals surface area contributed by atoms with Crippen LogP contribution in [0.1, 0.15) is 5.76 Å². The van der Waals surface area contributed by atoms with Crippen LogP contribution >= 0.6 is 50.9 Å². The number of carbonyl (C=O) groups excluding carboxylic acids is 1. The van der Waals surface area contributed by atoms with Gasteiger partial charge in [0.2, 0.25) is 0 Å². The summed E-state index contributed by atoms with van der Waals surface area (Å²) in [5, 5.41) is 13.8. The topological polar surface area (TPSA) is 66.0 Å². The van der Waals surface area contributed by atoms with Crippen molar-refractivity contribution in [1.82, 2.24) is 0 Å². The van der Waals surface area contributed by atoms with Crippen molar-refractivity contribution in [3.63, 3.8) is 0 Å². The molecular formula is C20H11BrCl2N2O2S. The maximum Gasteiger partial charge on any atom is 0.266 e. The molecule has 1 N–H and O–H groups in total. The largest absolute Gasteiger partial charge is 0.449 e. The van der Waals surface area contributed by atoms with Gasteiger partial charge in [-0.05, 0) is 70.5 Å². The minimum absolute atomic E-state index is 0.0840. The summed E-state index contributed by atoms with van der Waals surface area (Å²) < 4.78 is 6.47. The third-order valence-electron chi connectivity index (χ3n) is 3.45. The fourth-order valence-corrected chi connectivity index (χ4v) is 3.72. The maximum atomic E-state index is 12.3. The van der Waals surface area contributed by atoms with Gasteiger partial charge in [-0.15, -0.1) is 0 Å². The summed E-state index contributed by atoms with van der Waals surface area (Å²) >= 11 is 16.5. The fourth-order valence-electron chi connectivity index (χ4n) is 2.14. The molecule has 3 rings (SSSR count). The Kier molecular flexibility index (Phi) is 6.87. The Morgan fingerprint density at radius 3 is 2.32 bits per heavy atom. The first kappa shape index (κ1) is 20.6. The van der Waals surface area contributed by atoms with Gasteiger partial charge in [-0.1, -0.05) is 35.0 Å². The van der Waals surface area contributed by atoms with Gasteiger partial charge < -0.3 is 9.73 Å². The summed E-state index contributed by atoms with van der Waals surface area (Å²) in [7, 11) is 0. The van der Waals surface area contributed by atoms with Gasteiger partial charge in [-0.25, -0.2) is 0 Å². The predicted molar refractivity (Wildman–Crippen MR) is 116 cm³/mol. The molecule has 0 unspecified atom stereocenters. The van der Waals surface area contributed by atoms with E-state index >= 15 is 0 Å². The first-order valence-electron chi connectivity index (χ1n) is 7.86. The van der Waals surface area contributed by atoms with E-state index in [0.717, 1.165) is 4.90 Å². The standard InChI is InChI=1S/C20H11BrCl2N2O2S/c21-18-10-16(27-20(18)28-17-7-3-14(23)4-8-17)9-12(11-24)19(26)25-15-5-1-13(22)2-6-15/h1-10H,(H,25,26)/b12-9-. The Morgan fingerprint density at radius 2 is 1.71 bits per heavy atom. The number of carbonyl (C=O) groups is 1. The van der Waals surface area contributed by atoms with Crippen LogP contribution in [0, 0.1) is 11.3 Å². The SMILES string of the molecule is N#C/C(=C/c1cc(Br)c(Sc2ccc(Cl)cc2)o1)C(=O)Nc1ccc(Cl)cc1. The van der Waals surface area contributed by atoms with Gasteiger partial charge in [0.15, 0.2) is 5.09 Å². The average Bonchev–Trinajstić information content (AvgIpc) is 3.02. The number of nitriles is 1. The van der Waals surface area contributed by atoms with Crippen molar-refractivity contribution in [3.05, 3.63) is 80.4 Å². The van der Waals surface area contributed by atoms with Gasteiger partial charge in [0.25, 0.3) is 5.91 Å². The zero-order valence-corrected chi connectivity index (χ0v) is 18.0. The number of rotatable bonds is 5. The smallest absolute Gasteiger partial charge is 0.266 e. The first-order chi connectivity index (χ1) is 13.4. The second-order valence-corrected chi connectivity index (χ2v) is 8.24. The van der Waals surface area contributed by atoms with E-state index in [1.807, 2.05) is 18.2 Å². The third kappa shape index (κ3) is 5.43. The second-order valence-electron chi connectivity index (χ2n) is 5.47. The van der Waals surface area contributed by atoms with Gasteiger partial charge in [-0.2, -0.15) is 5.26 Å². The highest BCUT2D eigenvalue weighted by molar-refractivity contribution is 9.10. The van der Waals surface area contributed by atoms with Crippen molar-refractivity contribution in [2.24, 2.45) is 0 Å². The molecule has 8 heteroatoms. The minimum atomic E-state index is -0.538. The Hall–Kier alpha value is -2.17. The van der Waals surface area contributed by atoms with Crippen LogP contribution in [0.15, 0.2) is 79.0 Å². The highest BCUT2D eigenvalue weighted by Crippen LogP contribution is 2.36. The van der Waals surface area contributed by atoms with Crippen molar-refractivity contribution < 1.29 is 9.21 Å². The van der Waals surface area contributed by atoms with E-state index in [4.69, 9.17) is 27.6 Å². The Balaban J connectivity index is 1.77. The molecule has 28 heavy (non-hydrogen) atoms. The molecule has 0 aliphatic rings. The van der Waals surface area contributed by atoms with Gasteiger partial charge >= 0.3 is 0 Å². The molecule has 4 nitrogen and oxygen atoms in total. The molecule has 0 radical (unpaired) electrons. The lowest BCUT2D eigenvalue weighted by atomic mass is 10.2. The Bertz CT molecular complexity index is 1070. The Labute approximate surface area is 184 Å². The maximum absolute atomic E-state index is 12.3. The first-order valence-corrected chi connectivity index (χ1v) is 10.2. The molecule has 0 atom stereocenters. The van der Waals surface area contributed by atoms with Crippen molar-refractivity contribution in [2.45, 2.75) is 9.99 Å². The fraction of sp³-hybridized carbons (Fsp3) is 0. The second kappa shape index (κ2) is 9.35. The van der Waals surface area contributed by atoms with Gasteiger partial charge in [0.1, 0.15) is 17.4 Å². The molecule has 0 aliphatic heterocycles. The van der Waals surface area contributed by atoms with Gasteiger partial charge in [-0.3, -0.25) is 4.79 Å². The highest BCUT2D eigenvalue weighted by atomic mass is 79.9. The zero-order valence-electron chi connectivity index (χ0n) is 14.1. The molecule has 1 amide bonds. The van der Waals surface area contributed by atoms with E-state index in [0.29, 0.717) is 31.1 Å². The Morgan fingerprint density at radius 1 is 1.11 bits per heavy atom. The van der Waals surface area contributed by atoms with Crippen LogP contribution in [0.3, 0.4) is 0 Å². The predicted octanol–water partition coefficient (Wildman–Crippen LogP) is 7.05. The quantitative estimate of drug-likeness (QED) is 0.305. The van der Waals surface area contributed by atoms with E-state index in [2.05, 4.69) is 21.2 Å². The van der Waals surface area contributed by atoms with Crippen LogP contribution < -0.4 is 5.32 Å². The molecule has 2 aromatic carbocycles. The molecule has 3 aromatic rings. The molecule has 0 fully saturated rings. The molecule has 1 aromatic heterocycles. The molecule has 0 saturated heterocycles. The number of hydrogen-bond donors (Lipinski definition) is 1. The number of amides is 1. The summed E-state index contributed by atoms with van der Waals surface area (Å²) in [5.74, 6) is -0.157. The van der Waals surface area contributed by atoms with Crippen LogP contribution in [-0.4, -0.2) is 5.91 Å². The summed E-state index contributed by atoms with van der Waals surface area (Å²) in [5.41, 5.74) is 0.453. The number of furan rings is 1. The average molecular weight is 494 g/mol. The molecule has 140 valence electrons. The number of hydrogen-bond acceptors (Lipinski definition) is 4. The summed E-state index contributed by atoms with van der Waals surface area (Å²) in [6.07, 6.45) is 1.39. The van der Waals surface area contributed by atoms with Crippen LogP contribution in [0.5, 0.6) is 0 Å². The van der Waals surface area contributed by atoms with Gasteiger partial charge in [0, 0.05) is 26.7 Å². The van der Waals surface area contributed by atoms with E-state index in [9.17, 15) is 10.1 Å². The van der Waals surface area contributed by atoms with E-state index in [1.165, 1.54) is 17.8 Å². The van der Waals surface area contributed by atoms with Crippen LogP contribution in [-0.2, 0) is 4.79 Å². The van der Waals surface area contributed by atoms with Crippen molar-refractivity contribution in [3.8, 4) is 6.07 Å². The van der Waals surface area contributed by atoms with Crippen molar-refractivity contribution in [1.29, 1.82) is 5.26 Å². The van der Waals surface area contributed by atoms with Crippen molar-refractivity contribution >= 4 is 68.6 Å². The molecule has 0 spiro atoms. The van der Waals surface area contributed by atoms with E-state index in [-0.39, 0.29) is 5.57 Å². The van der Waals surface area contributed by atoms with E-state index in [1.54, 1.807) is 42.5 Å². The molecule has 1 heterocycles. The van der Waals surface area contributed by atoms with Crippen LogP contribution in [0.25, 0.3) is 6.08 Å². The number of nitrogens with one attached hydrogen (secondary N) is 1. The molecule has 0 bridgehead atoms. The zero-order chi connectivity index (χ0) is 20.1. The molecule has 0 aliphatic carbocycles. The highest BCUT2D eigenvalue weighted by Gasteiger charge is 2.14. The third-order valence-corrected chi connectivity index (χ3v) is 5.80. The molecular weight excluding hydrogens is 483 g/mol. The minimum Gasteiger partial charge on any atom is -0.449 e. The number of nitrogens with zero attached hydrogens (tertiary/aromatic N) is 1. The normalized spacial score (nSPS) is 11.1. The monoisotopic (exact) mass is 492 g/mol. The molecule has 0 saturated carbocycles.